The van der Waals surface area contributed by atoms with E-state index in [4.69, 9.17) is 4.74 Å². The minimum absolute atomic E-state index is 0.0365. The molecule has 2 fully saturated rings. The van der Waals surface area contributed by atoms with Gasteiger partial charge in [0, 0.05) is 30.2 Å². The van der Waals surface area contributed by atoms with Crippen LogP contribution in [0.5, 0.6) is 0 Å². The van der Waals surface area contributed by atoms with Crippen molar-refractivity contribution >= 4 is 28.9 Å². The molecule has 2 aliphatic carbocycles. The quantitative estimate of drug-likeness (QED) is 0.229. The highest BCUT2D eigenvalue weighted by Gasteiger charge is 2.42. The zero-order valence-electron chi connectivity index (χ0n) is 22.2. The second-order valence-corrected chi connectivity index (χ2v) is 12.0. The van der Waals surface area contributed by atoms with Crippen LogP contribution in [0.3, 0.4) is 0 Å². The van der Waals surface area contributed by atoms with E-state index in [1.54, 1.807) is 17.0 Å². The van der Waals surface area contributed by atoms with Crippen LogP contribution in [0.15, 0.2) is 42.7 Å². The van der Waals surface area contributed by atoms with Gasteiger partial charge in [-0.1, -0.05) is 37.5 Å². The number of rotatable bonds is 8. The smallest absolute Gasteiger partial charge is 0.348 e. The summed E-state index contributed by atoms with van der Waals surface area (Å²) < 4.78 is 6.07. The van der Waals surface area contributed by atoms with Crippen molar-refractivity contribution in [2.75, 3.05) is 4.90 Å². The Kier molecular flexibility index (Phi) is 9.24. The highest BCUT2D eigenvalue weighted by molar-refractivity contribution is 7.15. The average Bonchev–Trinajstić information content (AvgIpc) is 3.22. The van der Waals surface area contributed by atoms with Gasteiger partial charge in [0.1, 0.15) is 16.7 Å². The minimum atomic E-state index is -1.02. The van der Waals surface area contributed by atoms with E-state index in [-0.39, 0.29) is 34.3 Å². The first-order valence-corrected chi connectivity index (χ1v) is 13.7. The van der Waals surface area contributed by atoms with Crippen LogP contribution in [0.25, 0.3) is 0 Å². The van der Waals surface area contributed by atoms with E-state index in [1.807, 2.05) is 45.9 Å². The van der Waals surface area contributed by atoms with E-state index in [0.717, 1.165) is 37.0 Å². The fourth-order valence-corrected chi connectivity index (χ4v) is 5.45. The first-order chi connectivity index (χ1) is 17.0. The predicted molar refractivity (Wildman–Crippen MR) is 147 cm³/mol. The van der Waals surface area contributed by atoms with E-state index in [0.29, 0.717) is 35.1 Å². The van der Waals surface area contributed by atoms with Gasteiger partial charge in [-0.2, -0.15) is 0 Å². The molecule has 0 atom stereocenters. The number of carboxylic acids is 1. The summed E-state index contributed by atoms with van der Waals surface area (Å²) in [6, 6.07) is 1.69. The van der Waals surface area contributed by atoms with Gasteiger partial charge >= 0.3 is 5.97 Å². The van der Waals surface area contributed by atoms with Gasteiger partial charge in [0.2, 0.25) is 5.91 Å². The Morgan fingerprint density at radius 2 is 1.89 bits per heavy atom. The Labute approximate surface area is 219 Å². The Bertz CT molecular complexity index is 1080. The molecular weight excluding hydrogens is 470 g/mol. The van der Waals surface area contributed by atoms with E-state index >= 15 is 0 Å². The van der Waals surface area contributed by atoms with Gasteiger partial charge in [-0.15, -0.1) is 11.3 Å². The predicted octanol–water partition coefficient (Wildman–Crippen LogP) is 7.20. The number of allylic oxidation sites excluding steroid dienone is 4. The number of thiophene rings is 1. The van der Waals surface area contributed by atoms with Crippen LogP contribution in [0.1, 0.15) is 87.7 Å². The second kappa shape index (κ2) is 12.0. The van der Waals surface area contributed by atoms with E-state index in [9.17, 15) is 14.7 Å². The third kappa shape index (κ3) is 7.13. The summed E-state index contributed by atoms with van der Waals surface area (Å²) in [6.45, 7) is 14.0. The third-order valence-electron chi connectivity index (χ3n) is 6.72. The molecule has 0 saturated heterocycles. The average molecular weight is 510 g/mol. The van der Waals surface area contributed by atoms with E-state index in [1.165, 1.54) is 0 Å². The zero-order valence-corrected chi connectivity index (χ0v) is 23.0. The van der Waals surface area contributed by atoms with Crippen molar-refractivity contribution in [2.45, 2.75) is 85.3 Å². The molecule has 1 heterocycles. The molecule has 5 nitrogen and oxygen atoms in total. The van der Waals surface area contributed by atoms with Gasteiger partial charge < -0.3 is 14.7 Å². The summed E-state index contributed by atoms with van der Waals surface area (Å²) >= 11 is 1.15. The lowest BCUT2D eigenvalue weighted by Crippen LogP contribution is -2.53. The number of carbonyl (C=O) groups is 2. The number of hydrogen-bond donors (Lipinski definition) is 1. The van der Waals surface area contributed by atoms with Crippen molar-refractivity contribution < 1.29 is 19.4 Å². The van der Waals surface area contributed by atoms with E-state index < -0.39 is 5.97 Å². The highest BCUT2D eigenvalue weighted by Crippen LogP contribution is 2.41. The molecule has 2 aliphatic rings. The fourth-order valence-electron chi connectivity index (χ4n) is 4.61. The summed E-state index contributed by atoms with van der Waals surface area (Å²) in [4.78, 5) is 28.7. The molecule has 36 heavy (non-hydrogen) atoms. The lowest BCUT2D eigenvalue weighted by Gasteiger charge is -2.44. The van der Waals surface area contributed by atoms with Crippen molar-refractivity contribution in [3.8, 4) is 11.8 Å². The molecule has 1 aromatic rings. The Morgan fingerprint density at radius 3 is 2.44 bits per heavy atom. The maximum atomic E-state index is 13.9. The van der Waals surface area contributed by atoms with Gasteiger partial charge in [-0.3, -0.25) is 4.79 Å². The second-order valence-electron chi connectivity index (χ2n) is 11.0. The molecule has 6 heteroatoms. The summed E-state index contributed by atoms with van der Waals surface area (Å²) in [6.07, 6.45) is 12.4. The molecule has 194 valence electrons. The van der Waals surface area contributed by atoms with Gasteiger partial charge in [-0.25, -0.2) is 4.79 Å². The molecule has 0 unspecified atom stereocenters. The van der Waals surface area contributed by atoms with Crippen LogP contribution < -0.4 is 4.90 Å². The number of nitrogens with zero attached hydrogens (tertiary/aromatic N) is 1. The van der Waals surface area contributed by atoms with Crippen molar-refractivity contribution in [1.82, 2.24) is 0 Å². The van der Waals surface area contributed by atoms with Crippen LogP contribution in [-0.2, 0) is 9.53 Å². The monoisotopic (exact) mass is 509 g/mol. The third-order valence-corrected chi connectivity index (χ3v) is 7.75. The molecule has 1 N–H and O–H groups in total. The molecule has 1 amide bonds. The zero-order chi connectivity index (χ0) is 26.5. The first-order valence-electron chi connectivity index (χ1n) is 12.9. The van der Waals surface area contributed by atoms with Crippen LogP contribution in [0.2, 0.25) is 0 Å². The molecule has 0 aliphatic heterocycles. The highest BCUT2D eigenvalue weighted by atomic mass is 32.1. The van der Waals surface area contributed by atoms with Crippen LogP contribution in [-0.4, -0.2) is 29.1 Å². The standard InChI is InChI=1S/C30H39NO4S/c1-7-9-10-23(8-2)35-24-17-22(18-24)31(28(32)21-13-11-20(3)12-14-21)26-19-25(15-16-30(4,5)6)36-27(26)29(33)34/h7-10,19-22,24H,2,11-14,17-18H2,1,3-6H3,(H,33,34)/b9-7-,23-10+/t20-,21-,22-,24-. The number of amides is 1. The summed E-state index contributed by atoms with van der Waals surface area (Å²) in [5.74, 6) is 6.57. The summed E-state index contributed by atoms with van der Waals surface area (Å²) in [5.41, 5.74) is 0.273. The van der Waals surface area contributed by atoms with Crippen molar-refractivity contribution in [3.63, 3.8) is 0 Å². The number of hydrogen-bond acceptors (Lipinski definition) is 4. The van der Waals surface area contributed by atoms with Crippen LogP contribution in [0.4, 0.5) is 5.69 Å². The SMILES string of the molecule is C=C/C(=C\C=C/C)O[C@H]1C[C@H](N(c2cc(C#CC(C)(C)C)sc2C(=O)O)C(=O)[C@H]2CC[C@H](C)CC2)C1. The summed E-state index contributed by atoms with van der Waals surface area (Å²) in [5, 5.41) is 10.0. The molecule has 0 bridgehead atoms. The molecular formula is C30H39NO4S. The fraction of sp³-hybridized carbons (Fsp3) is 0.533. The van der Waals surface area contributed by atoms with Gasteiger partial charge in [0.15, 0.2) is 0 Å². The molecule has 0 spiro atoms. The van der Waals surface area contributed by atoms with Crippen molar-refractivity contribution in [3.05, 3.63) is 52.5 Å². The van der Waals surface area contributed by atoms with Crippen LogP contribution in [0, 0.1) is 29.1 Å². The lowest BCUT2D eigenvalue weighted by molar-refractivity contribution is -0.125. The largest absolute Gasteiger partial charge is 0.490 e. The molecule has 0 aromatic carbocycles. The van der Waals surface area contributed by atoms with Crippen molar-refractivity contribution in [1.29, 1.82) is 0 Å². The van der Waals surface area contributed by atoms with E-state index in [2.05, 4.69) is 25.3 Å². The Morgan fingerprint density at radius 1 is 1.22 bits per heavy atom. The normalized spacial score (nSPS) is 24.4. The molecule has 2 saturated carbocycles. The maximum Gasteiger partial charge on any atom is 0.348 e. The molecule has 1 aromatic heterocycles. The van der Waals surface area contributed by atoms with Crippen molar-refractivity contribution in [2.24, 2.45) is 17.3 Å². The number of ether oxygens (including phenoxy) is 1. The molecule has 0 radical (unpaired) electrons. The topological polar surface area (TPSA) is 66.8 Å². The minimum Gasteiger partial charge on any atom is -0.490 e. The Balaban J connectivity index is 1.91. The summed E-state index contributed by atoms with van der Waals surface area (Å²) in [7, 11) is 0. The van der Waals surface area contributed by atoms with Crippen LogP contribution >= 0.6 is 11.3 Å². The number of carboxylic acid groups (broad SMARTS) is 1. The lowest BCUT2D eigenvalue weighted by atomic mass is 9.80. The molecule has 3 rings (SSSR count). The maximum absolute atomic E-state index is 13.9. The van der Waals surface area contributed by atoms with Gasteiger partial charge in [0.05, 0.1) is 10.6 Å². The Hall–Kier alpha value is -2.78. The van der Waals surface area contributed by atoms with Gasteiger partial charge in [0.25, 0.3) is 0 Å². The first kappa shape index (κ1) is 27.8. The number of aromatic carboxylic acids is 1. The number of anilines is 1. The van der Waals surface area contributed by atoms with Gasteiger partial charge in [-0.05, 0) is 77.5 Å². The number of carbonyl (C=O) groups excluding carboxylic acids is 1.